The molecule has 2 rings (SSSR count). The zero-order valence-electron chi connectivity index (χ0n) is 10.2. The highest BCUT2D eigenvalue weighted by atomic mass is 14.9. The lowest BCUT2D eigenvalue weighted by molar-refractivity contribution is 0.532. The van der Waals surface area contributed by atoms with Gasteiger partial charge >= 0.3 is 0 Å². The van der Waals surface area contributed by atoms with Gasteiger partial charge in [-0.25, -0.2) is 0 Å². The summed E-state index contributed by atoms with van der Waals surface area (Å²) in [5.41, 5.74) is 4.01. The van der Waals surface area contributed by atoms with Crippen molar-refractivity contribution in [2.75, 3.05) is 0 Å². The molecule has 0 aliphatic heterocycles. The first-order valence-corrected chi connectivity index (χ1v) is 6.07. The van der Waals surface area contributed by atoms with Crippen LogP contribution in [0.2, 0.25) is 0 Å². The molecule has 0 saturated carbocycles. The monoisotopic (exact) mass is 225 g/mol. The molecule has 0 radical (unpaired) electrons. The highest BCUT2D eigenvalue weighted by molar-refractivity contribution is 5.37. The highest BCUT2D eigenvalue weighted by Crippen LogP contribution is 2.27. The van der Waals surface area contributed by atoms with Crippen molar-refractivity contribution >= 4 is 0 Å². The van der Waals surface area contributed by atoms with E-state index in [1.54, 1.807) is 0 Å². The minimum atomic E-state index is 0.524. The quantitative estimate of drug-likeness (QED) is 0.807. The maximum absolute atomic E-state index is 3.86. The zero-order valence-corrected chi connectivity index (χ0v) is 10.2. The molecule has 0 amide bonds. The van der Waals surface area contributed by atoms with E-state index in [1.165, 1.54) is 16.7 Å². The van der Waals surface area contributed by atoms with Crippen molar-refractivity contribution in [3.8, 4) is 0 Å². The van der Waals surface area contributed by atoms with E-state index in [0.29, 0.717) is 6.04 Å². The summed E-state index contributed by atoms with van der Waals surface area (Å²) >= 11 is 0. The van der Waals surface area contributed by atoms with Gasteiger partial charge in [0, 0.05) is 12.6 Å². The third kappa shape index (κ3) is 2.95. The second-order valence-electron chi connectivity index (χ2n) is 4.43. The third-order valence-corrected chi connectivity index (χ3v) is 3.28. The van der Waals surface area contributed by atoms with Crippen LogP contribution in [0.15, 0.2) is 66.8 Å². The minimum absolute atomic E-state index is 0.524. The first kappa shape index (κ1) is 11.9. The summed E-state index contributed by atoms with van der Waals surface area (Å²) in [7, 11) is 0. The van der Waals surface area contributed by atoms with Gasteiger partial charge in [-0.05, 0) is 29.6 Å². The van der Waals surface area contributed by atoms with Gasteiger partial charge in [0.25, 0.3) is 0 Å². The maximum Gasteiger partial charge on any atom is 0.0208 e. The van der Waals surface area contributed by atoms with E-state index in [2.05, 4.69) is 42.7 Å². The molecule has 17 heavy (non-hydrogen) atoms. The third-order valence-electron chi connectivity index (χ3n) is 3.28. The first-order chi connectivity index (χ1) is 8.33. The Bertz CT molecular complexity index is 408. The predicted octanol–water partition coefficient (Wildman–Crippen LogP) is 3.61. The molecule has 0 unspecified atom stereocenters. The summed E-state index contributed by atoms with van der Waals surface area (Å²) in [6.45, 7) is 8.65. The number of hydrogen-bond acceptors (Lipinski definition) is 1. The van der Waals surface area contributed by atoms with Gasteiger partial charge in [0.15, 0.2) is 0 Å². The highest BCUT2D eigenvalue weighted by Gasteiger charge is 2.19. The summed E-state index contributed by atoms with van der Waals surface area (Å²) in [6, 6.07) is 11.0. The smallest absolute Gasteiger partial charge is 0.0208 e. The average Bonchev–Trinajstić information content (AvgIpc) is 2.80. The Balaban J connectivity index is 1.88. The van der Waals surface area contributed by atoms with E-state index in [9.17, 15) is 0 Å². The fourth-order valence-electron chi connectivity index (χ4n) is 2.30. The molecular weight excluding hydrogens is 206 g/mol. The van der Waals surface area contributed by atoms with Crippen LogP contribution in [-0.2, 0) is 6.54 Å². The molecular formula is C16H19N. The fourth-order valence-corrected chi connectivity index (χ4v) is 2.30. The predicted molar refractivity (Wildman–Crippen MR) is 73.7 cm³/mol. The Labute approximate surface area is 104 Å². The van der Waals surface area contributed by atoms with Gasteiger partial charge in [-0.3, -0.25) is 0 Å². The van der Waals surface area contributed by atoms with Gasteiger partial charge in [0.1, 0.15) is 0 Å². The van der Waals surface area contributed by atoms with Crippen LogP contribution in [0.25, 0.3) is 0 Å². The van der Waals surface area contributed by atoms with Crippen LogP contribution in [0.4, 0.5) is 0 Å². The lowest BCUT2D eigenvalue weighted by atomic mass is 10.1. The van der Waals surface area contributed by atoms with Gasteiger partial charge in [0.2, 0.25) is 0 Å². The van der Waals surface area contributed by atoms with Crippen LogP contribution in [-0.4, -0.2) is 6.04 Å². The maximum atomic E-state index is 3.86. The van der Waals surface area contributed by atoms with Crippen LogP contribution in [0.3, 0.4) is 0 Å². The molecule has 0 bridgehead atoms. The lowest BCUT2D eigenvalue weighted by Gasteiger charge is -2.12. The molecule has 88 valence electrons. The van der Waals surface area contributed by atoms with Crippen molar-refractivity contribution in [1.82, 2.24) is 5.32 Å². The van der Waals surface area contributed by atoms with Gasteiger partial charge < -0.3 is 5.32 Å². The first-order valence-electron chi connectivity index (χ1n) is 6.07. The normalized spacial score (nSPS) is 16.2. The van der Waals surface area contributed by atoms with Gasteiger partial charge in [0.05, 0.1) is 0 Å². The molecule has 0 saturated heterocycles. The van der Waals surface area contributed by atoms with Crippen molar-refractivity contribution in [2.24, 2.45) is 0 Å². The number of rotatable bonds is 5. The van der Waals surface area contributed by atoms with Crippen LogP contribution in [0.5, 0.6) is 0 Å². The molecule has 0 atom stereocenters. The van der Waals surface area contributed by atoms with Crippen LogP contribution < -0.4 is 5.32 Å². The molecule has 1 N–H and O–H groups in total. The van der Waals surface area contributed by atoms with Gasteiger partial charge in [-0.1, -0.05) is 55.6 Å². The van der Waals surface area contributed by atoms with E-state index in [-0.39, 0.29) is 0 Å². The second-order valence-corrected chi connectivity index (χ2v) is 4.43. The molecule has 1 heteroatoms. The Morgan fingerprint density at radius 1 is 1.06 bits per heavy atom. The van der Waals surface area contributed by atoms with Gasteiger partial charge in [-0.15, -0.1) is 0 Å². The zero-order chi connectivity index (χ0) is 12.1. The fraction of sp³-hybridized carbons (Fsp3) is 0.250. The summed E-state index contributed by atoms with van der Waals surface area (Å²) in [4.78, 5) is 0. The number of allylic oxidation sites excluding steroid dienone is 2. The standard InChI is InChI=1S/C16H19N/c1-3-14-10-16(11-15(14)4-2)17-12-13-8-6-5-7-9-13/h3-9,16-17H,1-2,10-12H2. The molecule has 0 fully saturated rings. The van der Waals surface area contributed by atoms with Gasteiger partial charge in [-0.2, -0.15) is 0 Å². The molecule has 1 aliphatic carbocycles. The minimum Gasteiger partial charge on any atom is -0.309 e. The van der Waals surface area contributed by atoms with Crippen molar-refractivity contribution in [3.05, 3.63) is 72.4 Å². The van der Waals surface area contributed by atoms with Crippen molar-refractivity contribution in [3.63, 3.8) is 0 Å². The van der Waals surface area contributed by atoms with E-state index >= 15 is 0 Å². The van der Waals surface area contributed by atoms with E-state index < -0.39 is 0 Å². The molecule has 0 aromatic heterocycles. The summed E-state index contributed by atoms with van der Waals surface area (Å²) < 4.78 is 0. The van der Waals surface area contributed by atoms with E-state index in [0.717, 1.165) is 19.4 Å². The second kappa shape index (κ2) is 5.65. The molecule has 0 spiro atoms. The molecule has 1 nitrogen and oxygen atoms in total. The molecule has 1 aromatic carbocycles. The summed E-state index contributed by atoms with van der Waals surface area (Å²) in [6.07, 6.45) is 6.05. The summed E-state index contributed by atoms with van der Waals surface area (Å²) in [5, 5.41) is 3.59. The van der Waals surface area contributed by atoms with Crippen LogP contribution in [0.1, 0.15) is 18.4 Å². The summed E-state index contributed by atoms with van der Waals surface area (Å²) in [5.74, 6) is 0. The van der Waals surface area contributed by atoms with Crippen LogP contribution in [0, 0.1) is 0 Å². The Kier molecular flexibility index (Phi) is 3.94. The van der Waals surface area contributed by atoms with Crippen LogP contribution >= 0.6 is 0 Å². The Hall–Kier alpha value is -1.60. The topological polar surface area (TPSA) is 12.0 Å². The number of hydrogen-bond donors (Lipinski definition) is 1. The van der Waals surface area contributed by atoms with Crippen molar-refractivity contribution in [1.29, 1.82) is 0 Å². The Morgan fingerprint density at radius 2 is 1.65 bits per heavy atom. The largest absolute Gasteiger partial charge is 0.309 e. The molecule has 0 heterocycles. The molecule has 1 aromatic rings. The average molecular weight is 225 g/mol. The SMILES string of the molecule is C=CC1=C(C=C)CC(NCc2ccccc2)C1. The molecule has 1 aliphatic rings. The van der Waals surface area contributed by atoms with Crippen molar-refractivity contribution in [2.45, 2.75) is 25.4 Å². The lowest BCUT2D eigenvalue weighted by Crippen LogP contribution is -2.26. The van der Waals surface area contributed by atoms with Crippen molar-refractivity contribution < 1.29 is 0 Å². The number of nitrogens with one attached hydrogen (secondary N) is 1. The van der Waals surface area contributed by atoms with E-state index in [1.807, 2.05) is 18.2 Å². The van der Waals surface area contributed by atoms with E-state index in [4.69, 9.17) is 0 Å². The number of benzene rings is 1. The Morgan fingerprint density at radius 3 is 2.18 bits per heavy atom.